The van der Waals surface area contributed by atoms with Crippen LogP contribution in [0.5, 0.6) is 0 Å². The van der Waals surface area contributed by atoms with E-state index in [1.165, 1.54) is 57.8 Å². The molecule has 0 aliphatic rings. The Morgan fingerprint density at radius 1 is 0.586 bits per heavy atom. The third kappa shape index (κ3) is 23.1. The highest BCUT2D eigenvalue weighted by Gasteiger charge is 2.01. The van der Waals surface area contributed by atoms with Crippen molar-refractivity contribution < 1.29 is 19.1 Å². The second-order valence-corrected chi connectivity index (χ2v) is 8.04. The van der Waals surface area contributed by atoms with Gasteiger partial charge in [0, 0.05) is 18.0 Å². The molecule has 0 spiro atoms. The molecule has 0 unspecified atom stereocenters. The van der Waals surface area contributed by atoms with Gasteiger partial charge < -0.3 is 9.47 Å². The molecule has 0 rings (SSSR count). The zero-order valence-corrected chi connectivity index (χ0v) is 19.4. The molecule has 0 saturated carbocycles. The number of alkyl halides is 1. The van der Waals surface area contributed by atoms with Gasteiger partial charge in [0.15, 0.2) is 0 Å². The summed E-state index contributed by atoms with van der Waals surface area (Å²) in [6, 6.07) is 0. The number of unbranched alkanes of at least 4 members (excludes halogenated alkanes) is 14. The van der Waals surface area contributed by atoms with Crippen LogP contribution in [0.3, 0.4) is 0 Å². The van der Waals surface area contributed by atoms with Crippen molar-refractivity contribution in [2.45, 2.75) is 110 Å². The smallest absolute Gasteiger partial charge is 0.331 e. The van der Waals surface area contributed by atoms with Crippen LogP contribution in [-0.4, -0.2) is 31.0 Å². The fraction of sp³-hybridized carbons (Fsp3) is 0.833. The molecule has 0 fully saturated rings. The van der Waals surface area contributed by atoms with E-state index in [1.54, 1.807) is 0 Å². The Morgan fingerprint density at radius 2 is 0.931 bits per heavy atom. The molecule has 0 radical (unpaired) electrons. The molecule has 0 aliphatic carbocycles. The van der Waals surface area contributed by atoms with Gasteiger partial charge >= 0.3 is 11.9 Å². The Balaban J connectivity index is 3.41. The number of rotatable bonds is 21. The van der Waals surface area contributed by atoms with E-state index in [9.17, 15) is 9.59 Å². The van der Waals surface area contributed by atoms with E-state index in [-0.39, 0.29) is 0 Å². The highest BCUT2D eigenvalue weighted by atomic mass is 35.5. The molecule has 0 aromatic carbocycles. The van der Waals surface area contributed by atoms with Gasteiger partial charge in [0.05, 0.1) is 13.2 Å². The average Bonchev–Trinajstić information content (AvgIpc) is 2.72. The van der Waals surface area contributed by atoms with E-state index in [0.717, 1.165) is 63.0 Å². The van der Waals surface area contributed by atoms with Crippen LogP contribution in [0.2, 0.25) is 0 Å². The van der Waals surface area contributed by atoms with Crippen LogP contribution in [0.4, 0.5) is 0 Å². The summed E-state index contributed by atoms with van der Waals surface area (Å²) in [5.74, 6) is -0.230. The van der Waals surface area contributed by atoms with Gasteiger partial charge in [-0.25, -0.2) is 9.59 Å². The van der Waals surface area contributed by atoms with Crippen LogP contribution in [0, 0.1) is 0 Å². The molecule has 0 amide bonds. The molecule has 5 heteroatoms. The number of halogens is 1. The molecule has 0 aromatic heterocycles. The molecule has 0 atom stereocenters. The van der Waals surface area contributed by atoms with Gasteiger partial charge in [-0.05, 0) is 19.3 Å². The summed E-state index contributed by atoms with van der Waals surface area (Å²) in [4.78, 5) is 23.1. The molecule has 0 aromatic rings. The predicted octanol–water partition coefficient (Wildman–Crippen LogP) is 7.13. The van der Waals surface area contributed by atoms with Crippen molar-refractivity contribution in [2.75, 3.05) is 19.1 Å². The Hall–Kier alpha value is -1.03. The first-order valence-corrected chi connectivity index (χ1v) is 12.3. The van der Waals surface area contributed by atoms with Gasteiger partial charge in [0.1, 0.15) is 0 Å². The predicted molar refractivity (Wildman–Crippen MR) is 121 cm³/mol. The molecule has 170 valence electrons. The molecule has 0 N–H and O–H groups in total. The summed E-state index contributed by atoms with van der Waals surface area (Å²) in [5.41, 5.74) is 0. The second kappa shape index (κ2) is 23.3. The standard InChI is InChI=1S/C24H43ClO4/c1-2-3-4-5-6-7-8-10-13-16-21-28-23(26)18-19-24(27)29-22-17-14-11-9-12-15-20-25/h18-19H,2-17,20-22H2,1H3/b19-18+. The Labute approximate surface area is 183 Å². The highest BCUT2D eigenvalue weighted by Crippen LogP contribution is 2.10. The van der Waals surface area contributed by atoms with Crippen molar-refractivity contribution in [3.8, 4) is 0 Å². The van der Waals surface area contributed by atoms with Crippen molar-refractivity contribution in [3.63, 3.8) is 0 Å². The van der Waals surface area contributed by atoms with Crippen LogP contribution in [0.25, 0.3) is 0 Å². The van der Waals surface area contributed by atoms with E-state index < -0.39 is 11.9 Å². The van der Waals surface area contributed by atoms with Crippen LogP contribution >= 0.6 is 11.6 Å². The normalized spacial score (nSPS) is 11.1. The van der Waals surface area contributed by atoms with Crippen LogP contribution in [0.1, 0.15) is 110 Å². The van der Waals surface area contributed by atoms with E-state index in [4.69, 9.17) is 21.1 Å². The van der Waals surface area contributed by atoms with E-state index >= 15 is 0 Å². The molecule has 29 heavy (non-hydrogen) atoms. The zero-order valence-electron chi connectivity index (χ0n) is 18.6. The van der Waals surface area contributed by atoms with E-state index in [1.807, 2.05) is 0 Å². The lowest BCUT2D eigenvalue weighted by Gasteiger charge is -2.04. The Kier molecular flexibility index (Phi) is 22.4. The maximum atomic E-state index is 11.6. The third-order valence-corrected chi connectivity index (χ3v) is 5.14. The summed E-state index contributed by atoms with van der Waals surface area (Å²) in [6.45, 7) is 3.05. The molecular weight excluding hydrogens is 388 g/mol. The highest BCUT2D eigenvalue weighted by molar-refractivity contribution is 6.17. The van der Waals surface area contributed by atoms with Gasteiger partial charge in [-0.15, -0.1) is 11.6 Å². The molecular formula is C24H43ClO4. The molecule has 0 saturated heterocycles. The van der Waals surface area contributed by atoms with E-state index in [0.29, 0.717) is 13.2 Å². The minimum absolute atomic E-state index is 0.395. The first-order chi connectivity index (χ1) is 14.2. The molecule has 4 nitrogen and oxygen atoms in total. The van der Waals surface area contributed by atoms with Gasteiger partial charge in [-0.1, -0.05) is 90.4 Å². The fourth-order valence-electron chi connectivity index (χ4n) is 3.07. The number of esters is 2. The van der Waals surface area contributed by atoms with Crippen molar-refractivity contribution in [2.24, 2.45) is 0 Å². The largest absolute Gasteiger partial charge is 0.463 e. The van der Waals surface area contributed by atoms with Gasteiger partial charge in [0.25, 0.3) is 0 Å². The minimum Gasteiger partial charge on any atom is -0.463 e. The number of carbonyl (C=O) groups excluding carboxylic acids is 2. The second-order valence-electron chi connectivity index (χ2n) is 7.66. The lowest BCUT2D eigenvalue weighted by atomic mass is 10.1. The summed E-state index contributed by atoms with van der Waals surface area (Å²) in [5, 5.41) is 0. The average molecular weight is 431 g/mol. The van der Waals surface area contributed by atoms with Gasteiger partial charge in [-0.3, -0.25) is 0 Å². The van der Waals surface area contributed by atoms with Crippen molar-refractivity contribution in [3.05, 3.63) is 12.2 Å². The number of carbonyl (C=O) groups is 2. The first kappa shape index (κ1) is 28.0. The quantitative estimate of drug-likeness (QED) is 0.0840. The first-order valence-electron chi connectivity index (χ1n) is 11.8. The lowest BCUT2D eigenvalue weighted by molar-refractivity contribution is -0.140. The van der Waals surface area contributed by atoms with E-state index in [2.05, 4.69) is 6.92 Å². The Morgan fingerprint density at radius 3 is 1.31 bits per heavy atom. The maximum Gasteiger partial charge on any atom is 0.331 e. The number of hydrogen-bond acceptors (Lipinski definition) is 4. The number of ether oxygens (including phenoxy) is 2. The summed E-state index contributed by atoms with van der Waals surface area (Å²) >= 11 is 5.63. The third-order valence-electron chi connectivity index (χ3n) is 4.87. The van der Waals surface area contributed by atoms with Crippen molar-refractivity contribution >= 4 is 23.5 Å². The molecule has 0 aliphatic heterocycles. The van der Waals surface area contributed by atoms with Crippen LogP contribution < -0.4 is 0 Å². The number of hydrogen-bond donors (Lipinski definition) is 0. The fourth-order valence-corrected chi connectivity index (χ4v) is 3.26. The maximum absolute atomic E-state index is 11.6. The Bertz CT molecular complexity index is 410. The minimum atomic E-state index is -0.483. The van der Waals surface area contributed by atoms with Crippen molar-refractivity contribution in [1.29, 1.82) is 0 Å². The van der Waals surface area contributed by atoms with Gasteiger partial charge in [-0.2, -0.15) is 0 Å². The van der Waals surface area contributed by atoms with Gasteiger partial charge in [0.2, 0.25) is 0 Å². The molecule has 0 heterocycles. The van der Waals surface area contributed by atoms with Crippen LogP contribution in [-0.2, 0) is 19.1 Å². The summed E-state index contributed by atoms with van der Waals surface area (Å²) in [7, 11) is 0. The monoisotopic (exact) mass is 430 g/mol. The SMILES string of the molecule is CCCCCCCCCCCCOC(=O)/C=C/C(=O)OCCCCCCCCCl. The molecule has 0 bridgehead atoms. The summed E-state index contributed by atoms with van der Waals surface area (Å²) in [6.07, 6.45) is 21.2. The van der Waals surface area contributed by atoms with Crippen molar-refractivity contribution in [1.82, 2.24) is 0 Å². The zero-order chi connectivity index (χ0) is 21.4. The van der Waals surface area contributed by atoms with Crippen LogP contribution in [0.15, 0.2) is 12.2 Å². The lowest BCUT2D eigenvalue weighted by Crippen LogP contribution is -2.06. The summed E-state index contributed by atoms with van der Waals surface area (Å²) < 4.78 is 10.2. The topological polar surface area (TPSA) is 52.6 Å².